The Morgan fingerprint density at radius 3 is 1.12 bits per heavy atom. The van der Waals surface area contributed by atoms with Gasteiger partial charge >= 0.3 is 73.2 Å². The van der Waals surface area contributed by atoms with Crippen LogP contribution in [0.1, 0.15) is 27.2 Å². The Hall–Kier alpha value is 0.438. The molecule has 0 saturated carbocycles. The van der Waals surface area contributed by atoms with E-state index in [1.807, 2.05) is 30.3 Å². The maximum atomic E-state index is 4.71. The second kappa shape index (κ2) is 23.5. The molecule has 0 heterocycles. The van der Waals surface area contributed by atoms with Crippen LogP contribution in [-0.4, -0.2) is 42.7 Å². The SMILES string of the molecule is CC(C)(C)C[C]#[MoH].CO[PH+](OC)OC.CO[PH+](OC)OC.c1cc[cH-]c1. The van der Waals surface area contributed by atoms with Gasteiger partial charge in [-0.25, -0.2) is 12.1 Å². The standard InChI is InChI=1S/C6H11.C5H5.2C3H10O3P.Mo.H/c1-5-6(2,3)4;1-2-4-5-3-1;2*1-4-7(5-2)6-3;;/h5H2,2-4H3;1-5H;2*7H,1-3H3;;/q;-1;2*+1;;. The van der Waals surface area contributed by atoms with E-state index in [-0.39, 0.29) is 0 Å². The minimum atomic E-state index is -1.36. The molecule has 156 valence electrons. The molecule has 0 aliphatic rings. The molecule has 9 heteroatoms. The molecule has 0 fully saturated rings. The van der Waals surface area contributed by atoms with Crippen molar-refractivity contribution in [3.8, 4) is 4.20 Å². The minimum Gasteiger partial charge on any atom is -0.214 e. The third-order valence-electron chi connectivity index (χ3n) is 2.16. The summed E-state index contributed by atoms with van der Waals surface area (Å²) in [5, 5.41) is 0. The molecule has 6 nitrogen and oxygen atoms in total. The van der Waals surface area contributed by atoms with Gasteiger partial charge in [0.25, 0.3) is 0 Å². The topological polar surface area (TPSA) is 55.4 Å². The van der Waals surface area contributed by atoms with E-state index in [9.17, 15) is 0 Å². The third kappa shape index (κ3) is 29.2. The van der Waals surface area contributed by atoms with Crippen LogP contribution < -0.4 is 0 Å². The zero-order chi connectivity index (χ0) is 20.8. The fourth-order valence-corrected chi connectivity index (χ4v) is 3.22. The van der Waals surface area contributed by atoms with Crippen LogP contribution in [-0.2, 0) is 46.3 Å². The second-order valence-corrected chi connectivity index (χ2v) is 9.81. The largest absolute Gasteiger partial charge is 0.397 e. The van der Waals surface area contributed by atoms with Crippen LogP contribution in [0.5, 0.6) is 0 Å². The maximum Gasteiger partial charge on any atom is 0.397 e. The maximum absolute atomic E-state index is 4.71. The van der Waals surface area contributed by atoms with Crippen LogP contribution in [0.15, 0.2) is 30.3 Å². The van der Waals surface area contributed by atoms with Gasteiger partial charge in [0.1, 0.15) is 0 Å². The Morgan fingerprint density at radius 1 is 0.769 bits per heavy atom. The van der Waals surface area contributed by atoms with E-state index in [0.717, 1.165) is 6.42 Å². The Bertz CT molecular complexity index is 345. The molecular weight excluding hydrogens is 458 g/mol. The van der Waals surface area contributed by atoms with Gasteiger partial charge in [-0.3, -0.25) is 0 Å². The van der Waals surface area contributed by atoms with E-state index < -0.39 is 17.2 Å². The van der Waals surface area contributed by atoms with Crippen LogP contribution in [0.25, 0.3) is 0 Å². The molecule has 1 aromatic rings. The van der Waals surface area contributed by atoms with Crippen molar-refractivity contribution in [2.24, 2.45) is 5.41 Å². The van der Waals surface area contributed by atoms with Crippen LogP contribution in [0.2, 0.25) is 0 Å². The summed E-state index contributed by atoms with van der Waals surface area (Å²) >= 11 is 1.67. The zero-order valence-corrected chi connectivity index (χ0v) is 21.7. The van der Waals surface area contributed by atoms with Gasteiger partial charge in [-0.2, -0.15) is 45.3 Å². The average Bonchev–Trinajstić information content (AvgIpc) is 3.18. The van der Waals surface area contributed by atoms with Gasteiger partial charge in [0, 0.05) is 0 Å². The predicted octanol–water partition coefficient (Wildman–Crippen LogP) is 4.84. The van der Waals surface area contributed by atoms with Crippen molar-refractivity contribution in [1.82, 2.24) is 0 Å². The fourth-order valence-electron chi connectivity index (χ4n) is 1.06. The molecule has 0 radical (unpaired) electrons. The molecule has 0 spiro atoms. The molecule has 0 unspecified atom stereocenters. The van der Waals surface area contributed by atoms with Crippen molar-refractivity contribution in [3.05, 3.63) is 30.3 Å². The Morgan fingerprint density at radius 2 is 1.08 bits per heavy atom. The molecule has 26 heavy (non-hydrogen) atoms. The normalized spacial score (nSPS) is 9.96. The third-order valence-corrected chi connectivity index (χ3v) is 4.55. The number of rotatable bonds is 6. The Kier molecular flexibility index (Phi) is 28.1. The van der Waals surface area contributed by atoms with Crippen molar-refractivity contribution >= 4 is 17.2 Å². The molecule has 0 bridgehead atoms. The summed E-state index contributed by atoms with van der Waals surface area (Å²) < 4.78 is 31.4. The van der Waals surface area contributed by atoms with Gasteiger partial charge in [0.2, 0.25) is 0 Å². The summed E-state index contributed by atoms with van der Waals surface area (Å²) in [6, 6.07) is 10.0. The monoisotopic (exact) mass is 497 g/mol. The van der Waals surface area contributed by atoms with Crippen LogP contribution >= 0.6 is 17.2 Å². The molecule has 0 saturated heterocycles. The molecule has 0 amide bonds. The Labute approximate surface area is 173 Å². The smallest absolute Gasteiger partial charge is 0.214 e. The van der Waals surface area contributed by atoms with Crippen LogP contribution in [0.3, 0.4) is 0 Å². The van der Waals surface area contributed by atoms with Gasteiger partial charge in [0.05, 0.1) is 42.7 Å². The fraction of sp³-hybridized carbons (Fsp3) is 0.647. The zero-order valence-electron chi connectivity index (χ0n) is 17.5. The summed E-state index contributed by atoms with van der Waals surface area (Å²) in [7, 11) is 6.62. The van der Waals surface area contributed by atoms with Gasteiger partial charge in [0.15, 0.2) is 0 Å². The number of hydrogen-bond acceptors (Lipinski definition) is 6. The van der Waals surface area contributed by atoms with Crippen molar-refractivity contribution in [3.63, 3.8) is 0 Å². The van der Waals surface area contributed by atoms with Crippen LogP contribution in [0, 0.1) is 9.62 Å². The summed E-state index contributed by atoms with van der Waals surface area (Å²) in [5.41, 5.74) is 0.452. The van der Waals surface area contributed by atoms with E-state index in [1.165, 1.54) is 0 Å². The summed E-state index contributed by atoms with van der Waals surface area (Å²) in [6.07, 6.45) is 1.11. The first kappa shape index (κ1) is 31.1. The predicted molar refractivity (Wildman–Crippen MR) is 110 cm³/mol. The van der Waals surface area contributed by atoms with E-state index in [1.54, 1.807) is 61.8 Å². The van der Waals surface area contributed by atoms with Gasteiger partial charge in [-0.15, -0.1) is 0 Å². The molecule has 0 N–H and O–H groups in total. The molecule has 0 aliphatic carbocycles. The van der Waals surface area contributed by atoms with Crippen LogP contribution in [0.4, 0.5) is 0 Å². The van der Waals surface area contributed by atoms with Gasteiger partial charge < -0.3 is 0 Å². The molecule has 1 rings (SSSR count). The van der Waals surface area contributed by atoms with E-state index in [0.29, 0.717) is 5.41 Å². The molecule has 0 aliphatic heterocycles. The minimum absolute atomic E-state index is 0.452. The molecule has 0 atom stereocenters. The van der Waals surface area contributed by atoms with E-state index in [2.05, 4.69) is 25.0 Å². The van der Waals surface area contributed by atoms with E-state index in [4.69, 9.17) is 27.1 Å². The first-order chi connectivity index (χ1) is 12.3. The van der Waals surface area contributed by atoms with Crippen molar-refractivity contribution in [2.75, 3.05) is 42.7 Å². The second-order valence-electron chi connectivity index (χ2n) is 5.58. The van der Waals surface area contributed by atoms with Crippen molar-refractivity contribution < 1.29 is 46.3 Å². The number of hydrogen-bond donors (Lipinski definition) is 0. The summed E-state index contributed by atoms with van der Waals surface area (Å²) in [4.78, 5) is 0. The van der Waals surface area contributed by atoms with Gasteiger partial charge in [-0.05, 0) is 0 Å². The molecule has 0 aromatic heterocycles. The van der Waals surface area contributed by atoms with E-state index >= 15 is 0 Å². The first-order valence-electron chi connectivity index (χ1n) is 7.77. The molecule has 1 aromatic carbocycles. The Balaban J connectivity index is -0.000000273. The van der Waals surface area contributed by atoms with Crippen molar-refractivity contribution in [2.45, 2.75) is 27.2 Å². The molecular formula is C17H37MoO6P2+. The first-order valence-corrected chi connectivity index (χ1v) is 11.3. The summed E-state index contributed by atoms with van der Waals surface area (Å²) in [6.45, 7) is 6.66. The quantitative estimate of drug-likeness (QED) is 0.320. The summed E-state index contributed by atoms with van der Waals surface area (Å²) in [5.74, 6) is 0. The van der Waals surface area contributed by atoms with Crippen molar-refractivity contribution in [1.29, 1.82) is 0 Å². The average molecular weight is 495 g/mol. The van der Waals surface area contributed by atoms with Gasteiger partial charge in [-0.1, -0.05) is 0 Å².